The summed E-state index contributed by atoms with van der Waals surface area (Å²) in [5.41, 5.74) is -0.00966. The van der Waals surface area contributed by atoms with Gasteiger partial charge in [0.2, 0.25) is 5.91 Å². The first-order valence-corrected chi connectivity index (χ1v) is 17.5. The van der Waals surface area contributed by atoms with Crippen LogP contribution in [0, 0.1) is 5.92 Å². The summed E-state index contributed by atoms with van der Waals surface area (Å²) in [4.78, 5) is 42.2. The molecule has 4 rings (SSSR count). The maximum atomic E-state index is 13.6. The molecular weight excluding hydrogens is 674 g/mol. The first kappa shape index (κ1) is 38.8. The van der Waals surface area contributed by atoms with Crippen molar-refractivity contribution in [3.05, 3.63) is 46.5 Å². The number of esters is 1. The summed E-state index contributed by atoms with van der Waals surface area (Å²) >= 11 is 11.0. The molecule has 8 atom stereocenters. The molecule has 272 valence electrons. The number of hydrogen-bond donors (Lipinski definition) is 3. The number of halogens is 1. The Hall–Kier alpha value is -2.97. The van der Waals surface area contributed by atoms with Gasteiger partial charge in [0.05, 0.1) is 18.9 Å². The number of methoxy groups -OCH3 is 2. The molecule has 2 N–H and O–H groups in total. The Morgan fingerprint density at radius 3 is 2.67 bits per heavy atom. The SMILES string of the molecule is COc1cc2cc(c1Cl)N(C)CC[C@H](OC(=O)[C@H](C)N(C)C(=O)CCS)[C@]1(C)O[C@H]1[C@H](C)[C@@H]1C[C@@](O)(NC(=O)O1)[C@@H](OC)/C=C\C=C(/C)C2. The van der Waals surface area contributed by atoms with Crippen molar-refractivity contribution in [2.75, 3.05) is 45.5 Å². The molecule has 2 amide bonds. The Bertz CT molecular complexity index is 1460. The van der Waals surface area contributed by atoms with E-state index < -0.39 is 59.8 Å². The summed E-state index contributed by atoms with van der Waals surface area (Å²) < 4.78 is 29.4. The number of aliphatic hydroxyl groups is 1. The van der Waals surface area contributed by atoms with Crippen molar-refractivity contribution in [1.29, 1.82) is 0 Å². The predicted molar refractivity (Wildman–Crippen MR) is 189 cm³/mol. The summed E-state index contributed by atoms with van der Waals surface area (Å²) in [6, 6.07) is 3.04. The van der Waals surface area contributed by atoms with Gasteiger partial charge >= 0.3 is 12.1 Å². The number of likely N-dealkylation sites (N-methyl/N-ethyl adjacent to an activating group) is 1. The fraction of sp³-hybridized carbons (Fsp3) is 0.629. The number of fused-ring (bicyclic) bond motifs is 5. The number of allylic oxidation sites excluding steroid dienone is 3. The molecule has 2 fully saturated rings. The third kappa shape index (κ3) is 8.68. The molecule has 0 aromatic heterocycles. The van der Waals surface area contributed by atoms with E-state index in [4.69, 9.17) is 35.3 Å². The molecule has 0 unspecified atom stereocenters. The van der Waals surface area contributed by atoms with Crippen LogP contribution in [-0.4, -0.2) is 110 Å². The highest BCUT2D eigenvalue weighted by Crippen LogP contribution is 2.49. The van der Waals surface area contributed by atoms with Crippen LogP contribution in [-0.2, 0) is 35.0 Å². The van der Waals surface area contributed by atoms with Crippen LogP contribution in [0.3, 0.4) is 0 Å². The molecule has 3 aliphatic heterocycles. The van der Waals surface area contributed by atoms with E-state index in [2.05, 4.69) is 17.9 Å². The second-order valence-electron chi connectivity index (χ2n) is 13.4. The minimum atomic E-state index is -1.76. The zero-order valence-corrected chi connectivity index (χ0v) is 31.2. The van der Waals surface area contributed by atoms with Gasteiger partial charge in [-0.3, -0.25) is 10.1 Å². The van der Waals surface area contributed by atoms with Crippen molar-refractivity contribution in [1.82, 2.24) is 10.2 Å². The number of ether oxygens (including phenoxy) is 5. The molecule has 2 saturated heterocycles. The normalized spacial score (nSPS) is 32.7. The molecule has 12 nitrogen and oxygen atoms in total. The van der Waals surface area contributed by atoms with Gasteiger partial charge in [-0.1, -0.05) is 42.3 Å². The molecule has 49 heavy (non-hydrogen) atoms. The lowest BCUT2D eigenvalue weighted by molar-refractivity contribution is -0.161. The number of amides is 2. The Morgan fingerprint density at radius 2 is 2.02 bits per heavy atom. The van der Waals surface area contributed by atoms with Crippen LogP contribution >= 0.6 is 24.2 Å². The van der Waals surface area contributed by atoms with E-state index in [1.165, 1.54) is 12.0 Å². The Morgan fingerprint density at radius 1 is 1.31 bits per heavy atom. The minimum absolute atomic E-state index is 0.0216. The van der Waals surface area contributed by atoms with Gasteiger partial charge in [0.15, 0.2) is 5.72 Å². The molecule has 3 aliphatic rings. The van der Waals surface area contributed by atoms with Crippen molar-refractivity contribution >= 4 is 47.9 Å². The van der Waals surface area contributed by atoms with E-state index in [0.29, 0.717) is 35.9 Å². The molecule has 1 aromatic rings. The molecule has 0 spiro atoms. The summed E-state index contributed by atoms with van der Waals surface area (Å²) in [6.07, 6.45) is 2.87. The van der Waals surface area contributed by atoms with Gasteiger partial charge in [-0.15, -0.1) is 0 Å². The molecule has 0 aliphatic carbocycles. The van der Waals surface area contributed by atoms with Crippen LogP contribution < -0.4 is 15.0 Å². The number of rotatable bonds is 7. The Kier molecular flexibility index (Phi) is 12.6. The molecule has 1 aromatic carbocycles. The summed E-state index contributed by atoms with van der Waals surface area (Å²) in [5, 5.41) is 14.7. The standard InChI is InChI=1S/C35H50ClN3O9S/c1-20-10-9-11-28(45-8)35(43)19-26(46-33(42)37-35)21(2)31-34(4,48-31)27(47-32(41)22(3)39(6)29(40)13-15-49)12-14-38(5)24-17-23(16-20)18-25(44-7)30(24)36/h9-11,17-18,21-22,26-28,31,43,49H,12-16,19H2,1-8H3,(H,37,42)/b11-9-,20-10+/t21-,22+,26+,27+,28+,31+,34+,35+/m1/s1. The number of anilines is 1. The monoisotopic (exact) mass is 723 g/mol. The molecule has 14 heteroatoms. The van der Waals surface area contributed by atoms with Crippen LogP contribution in [0.15, 0.2) is 35.9 Å². The third-order valence-corrected chi connectivity index (χ3v) is 10.5. The van der Waals surface area contributed by atoms with Gasteiger partial charge in [0, 0.05) is 52.9 Å². The third-order valence-electron chi connectivity index (χ3n) is 9.89. The fourth-order valence-electron chi connectivity index (χ4n) is 6.63. The van der Waals surface area contributed by atoms with Gasteiger partial charge < -0.3 is 38.6 Å². The van der Waals surface area contributed by atoms with Crippen molar-refractivity contribution in [2.24, 2.45) is 5.92 Å². The lowest BCUT2D eigenvalue weighted by atomic mass is 9.83. The number of epoxide rings is 1. The van der Waals surface area contributed by atoms with Crippen molar-refractivity contribution in [3.8, 4) is 5.75 Å². The zero-order chi connectivity index (χ0) is 36.3. The van der Waals surface area contributed by atoms with Crippen LogP contribution in [0.5, 0.6) is 5.75 Å². The highest BCUT2D eigenvalue weighted by atomic mass is 35.5. The average molecular weight is 724 g/mol. The predicted octanol–water partition coefficient (Wildman–Crippen LogP) is 4.31. The van der Waals surface area contributed by atoms with Crippen molar-refractivity contribution in [3.63, 3.8) is 0 Å². The van der Waals surface area contributed by atoms with Crippen LogP contribution in [0.25, 0.3) is 0 Å². The summed E-state index contributed by atoms with van der Waals surface area (Å²) in [6.45, 7) is 7.76. The van der Waals surface area contributed by atoms with E-state index in [1.807, 2.05) is 50.9 Å². The van der Waals surface area contributed by atoms with Gasteiger partial charge in [0.1, 0.15) is 40.7 Å². The number of alkyl carbamates (subject to hydrolysis) is 1. The number of hydrogen-bond acceptors (Lipinski definition) is 11. The Balaban J connectivity index is 1.74. The second kappa shape index (κ2) is 15.9. The number of carbonyl (C=O) groups excluding carboxylic acids is 3. The van der Waals surface area contributed by atoms with E-state index in [0.717, 1.165) is 16.8 Å². The number of nitrogens with zero attached hydrogens (tertiary/aromatic N) is 2. The average Bonchev–Trinajstić information content (AvgIpc) is 3.75. The minimum Gasteiger partial charge on any atom is -0.495 e. The number of benzene rings is 1. The van der Waals surface area contributed by atoms with Gasteiger partial charge in [-0.2, -0.15) is 12.6 Å². The fourth-order valence-corrected chi connectivity index (χ4v) is 7.15. The highest BCUT2D eigenvalue weighted by Gasteiger charge is 2.64. The smallest absolute Gasteiger partial charge is 0.409 e. The van der Waals surface area contributed by atoms with Crippen molar-refractivity contribution in [2.45, 2.75) is 95.2 Å². The van der Waals surface area contributed by atoms with E-state index >= 15 is 0 Å². The first-order valence-electron chi connectivity index (χ1n) is 16.5. The number of carbonyl (C=O) groups is 3. The highest BCUT2D eigenvalue weighted by molar-refractivity contribution is 7.80. The van der Waals surface area contributed by atoms with Gasteiger partial charge in [-0.05, 0) is 50.6 Å². The lowest BCUT2D eigenvalue weighted by Gasteiger charge is -2.42. The topological polar surface area (TPSA) is 139 Å². The van der Waals surface area contributed by atoms with E-state index in [-0.39, 0.29) is 18.7 Å². The largest absolute Gasteiger partial charge is 0.495 e. The van der Waals surface area contributed by atoms with Crippen LogP contribution in [0.4, 0.5) is 10.5 Å². The summed E-state index contributed by atoms with van der Waals surface area (Å²) in [5.74, 6) is -0.326. The van der Waals surface area contributed by atoms with E-state index in [9.17, 15) is 19.5 Å². The van der Waals surface area contributed by atoms with Crippen molar-refractivity contribution < 1.29 is 43.2 Å². The Labute approximate surface area is 299 Å². The maximum Gasteiger partial charge on any atom is 0.409 e. The molecular formula is C35H50ClN3O9S. The maximum absolute atomic E-state index is 13.6. The first-order chi connectivity index (χ1) is 23.1. The zero-order valence-electron chi connectivity index (χ0n) is 29.5. The molecule has 4 bridgehead atoms. The molecule has 3 heterocycles. The molecule has 0 saturated carbocycles. The van der Waals surface area contributed by atoms with E-state index in [1.54, 1.807) is 33.2 Å². The van der Waals surface area contributed by atoms with Crippen LogP contribution in [0.2, 0.25) is 5.02 Å². The molecule has 0 radical (unpaired) electrons. The lowest BCUT2D eigenvalue weighted by Crippen LogP contribution is -2.63. The second-order valence-corrected chi connectivity index (χ2v) is 14.3. The quantitative estimate of drug-likeness (QED) is 0.212. The van der Waals surface area contributed by atoms with Gasteiger partial charge in [0.25, 0.3) is 0 Å². The summed E-state index contributed by atoms with van der Waals surface area (Å²) in [7, 11) is 6.49. The van der Waals surface area contributed by atoms with Crippen LogP contribution in [0.1, 0.15) is 52.5 Å². The number of thiol groups is 1. The van der Waals surface area contributed by atoms with Gasteiger partial charge in [-0.25, -0.2) is 9.59 Å². The number of nitrogens with one attached hydrogen (secondary N) is 1.